The van der Waals surface area contributed by atoms with Crippen molar-refractivity contribution in [1.29, 1.82) is 0 Å². The van der Waals surface area contributed by atoms with Crippen LogP contribution in [0.1, 0.15) is 72.6 Å². The molecular formula is C15H28O3. The average Bonchev–Trinajstić information content (AvgIpc) is 2.82. The summed E-state index contributed by atoms with van der Waals surface area (Å²) in [5.74, 6) is -0.138. The highest BCUT2D eigenvalue weighted by atomic mass is 16.7. The van der Waals surface area contributed by atoms with E-state index in [2.05, 4.69) is 6.92 Å². The van der Waals surface area contributed by atoms with Gasteiger partial charge in [0.15, 0.2) is 0 Å². The molecule has 18 heavy (non-hydrogen) atoms. The van der Waals surface area contributed by atoms with Crippen LogP contribution in [-0.4, -0.2) is 18.4 Å². The fourth-order valence-corrected chi connectivity index (χ4v) is 2.05. The predicted molar refractivity (Wildman–Crippen MR) is 72.2 cm³/mol. The molecule has 1 atom stereocenters. The maximum absolute atomic E-state index is 12.1. The first-order chi connectivity index (χ1) is 8.49. The van der Waals surface area contributed by atoms with Crippen LogP contribution < -0.4 is 0 Å². The van der Waals surface area contributed by atoms with E-state index in [9.17, 15) is 4.79 Å². The average molecular weight is 256 g/mol. The molecule has 0 bridgehead atoms. The summed E-state index contributed by atoms with van der Waals surface area (Å²) in [7, 11) is 0. The summed E-state index contributed by atoms with van der Waals surface area (Å²) in [4.78, 5) is 12.1. The smallest absolute Gasteiger partial charge is 0.313 e. The third kappa shape index (κ3) is 4.60. The first-order valence-corrected chi connectivity index (χ1v) is 7.36. The van der Waals surface area contributed by atoms with E-state index in [0.29, 0.717) is 6.10 Å². The lowest BCUT2D eigenvalue weighted by Crippen LogP contribution is -2.33. The molecule has 3 heteroatoms. The molecule has 0 saturated heterocycles. The number of esters is 1. The number of ether oxygens (including phenoxy) is 2. The summed E-state index contributed by atoms with van der Waals surface area (Å²) in [5.41, 5.74) is -0.412. The van der Waals surface area contributed by atoms with E-state index in [1.54, 1.807) is 0 Å². The van der Waals surface area contributed by atoms with Gasteiger partial charge in [0.2, 0.25) is 6.29 Å². The largest absolute Gasteiger partial charge is 0.435 e. The number of carbonyl (C=O) groups excluding carboxylic acids is 1. The van der Waals surface area contributed by atoms with E-state index < -0.39 is 5.41 Å². The second kappa shape index (κ2) is 7.13. The van der Waals surface area contributed by atoms with Gasteiger partial charge in [0.25, 0.3) is 0 Å². The highest BCUT2D eigenvalue weighted by Gasteiger charge is 2.30. The predicted octanol–water partition coefficient (Wildman–Crippen LogP) is 4.05. The van der Waals surface area contributed by atoms with Crippen molar-refractivity contribution in [3.63, 3.8) is 0 Å². The van der Waals surface area contributed by atoms with Crippen molar-refractivity contribution in [2.45, 2.75) is 85.0 Å². The highest BCUT2D eigenvalue weighted by molar-refractivity contribution is 5.75. The van der Waals surface area contributed by atoms with Crippen molar-refractivity contribution in [2.75, 3.05) is 0 Å². The number of hydrogen-bond acceptors (Lipinski definition) is 3. The molecule has 0 radical (unpaired) electrons. The van der Waals surface area contributed by atoms with Gasteiger partial charge in [-0.1, -0.05) is 33.1 Å². The summed E-state index contributed by atoms with van der Waals surface area (Å²) in [6.07, 6.45) is 7.17. The van der Waals surface area contributed by atoms with Gasteiger partial charge in [0.05, 0.1) is 11.5 Å². The molecular weight excluding hydrogens is 228 g/mol. The van der Waals surface area contributed by atoms with Crippen LogP contribution in [0, 0.1) is 5.41 Å². The number of rotatable bonds is 7. The topological polar surface area (TPSA) is 35.5 Å². The zero-order valence-electron chi connectivity index (χ0n) is 12.3. The SMILES string of the molecule is CCCC(OC(=O)C(C)(C)CC)OC1CCCC1. The van der Waals surface area contributed by atoms with Gasteiger partial charge >= 0.3 is 5.97 Å². The van der Waals surface area contributed by atoms with Gasteiger partial charge in [-0.3, -0.25) is 4.79 Å². The Hall–Kier alpha value is -0.570. The summed E-state index contributed by atoms with van der Waals surface area (Å²) in [5, 5.41) is 0. The van der Waals surface area contributed by atoms with Gasteiger partial charge in [-0.2, -0.15) is 0 Å². The minimum atomic E-state index is -0.412. The fraction of sp³-hybridized carbons (Fsp3) is 0.933. The Morgan fingerprint density at radius 2 is 1.89 bits per heavy atom. The first kappa shape index (κ1) is 15.5. The van der Waals surface area contributed by atoms with Gasteiger partial charge in [-0.25, -0.2) is 0 Å². The van der Waals surface area contributed by atoms with Crippen LogP contribution >= 0.6 is 0 Å². The maximum Gasteiger partial charge on any atom is 0.313 e. The monoisotopic (exact) mass is 256 g/mol. The Morgan fingerprint density at radius 3 is 2.39 bits per heavy atom. The van der Waals surface area contributed by atoms with Crippen LogP contribution in [0.5, 0.6) is 0 Å². The van der Waals surface area contributed by atoms with Gasteiger partial charge in [-0.05, 0) is 33.1 Å². The molecule has 106 valence electrons. The lowest BCUT2D eigenvalue weighted by atomic mass is 9.91. The van der Waals surface area contributed by atoms with E-state index in [1.807, 2.05) is 20.8 Å². The Balaban J connectivity index is 2.48. The van der Waals surface area contributed by atoms with Crippen molar-refractivity contribution in [3.8, 4) is 0 Å². The first-order valence-electron chi connectivity index (χ1n) is 7.36. The highest BCUT2D eigenvalue weighted by Crippen LogP contribution is 2.26. The lowest BCUT2D eigenvalue weighted by Gasteiger charge is -2.27. The molecule has 1 saturated carbocycles. The molecule has 0 N–H and O–H groups in total. The standard InChI is InChI=1S/C15H28O3/c1-5-9-13(17-12-10-7-8-11-12)18-14(16)15(3,4)6-2/h12-13H,5-11H2,1-4H3. The van der Waals surface area contributed by atoms with Crippen molar-refractivity contribution in [3.05, 3.63) is 0 Å². The van der Waals surface area contributed by atoms with Crippen molar-refractivity contribution < 1.29 is 14.3 Å². The third-order valence-corrected chi connectivity index (χ3v) is 3.85. The van der Waals surface area contributed by atoms with E-state index in [0.717, 1.165) is 32.1 Å². The van der Waals surface area contributed by atoms with Gasteiger partial charge in [-0.15, -0.1) is 0 Å². The molecule has 0 spiro atoms. The molecule has 0 aromatic carbocycles. The molecule has 0 aromatic heterocycles. The lowest BCUT2D eigenvalue weighted by molar-refractivity contribution is -0.199. The van der Waals surface area contributed by atoms with E-state index in [1.165, 1.54) is 12.8 Å². The fourth-order valence-electron chi connectivity index (χ4n) is 2.05. The molecule has 0 aliphatic heterocycles. The molecule has 1 fully saturated rings. The molecule has 0 heterocycles. The van der Waals surface area contributed by atoms with E-state index in [4.69, 9.17) is 9.47 Å². The molecule has 1 aliphatic rings. The minimum absolute atomic E-state index is 0.138. The van der Waals surface area contributed by atoms with Crippen LogP contribution in [0.4, 0.5) is 0 Å². The van der Waals surface area contributed by atoms with E-state index >= 15 is 0 Å². The zero-order chi connectivity index (χ0) is 13.6. The van der Waals surface area contributed by atoms with Crippen LogP contribution in [0.25, 0.3) is 0 Å². The molecule has 1 aliphatic carbocycles. The zero-order valence-corrected chi connectivity index (χ0v) is 12.3. The van der Waals surface area contributed by atoms with Crippen molar-refractivity contribution in [1.82, 2.24) is 0 Å². The summed E-state index contributed by atoms with van der Waals surface area (Å²) < 4.78 is 11.5. The molecule has 3 nitrogen and oxygen atoms in total. The van der Waals surface area contributed by atoms with Crippen LogP contribution in [0.2, 0.25) is 0 Å². The van der Waals surface area contributed by atoms with Crippen molar-refractivity contribution in [2.24, 2.45) is 5.41 Å². The Labute approximate surface area is 111 Å². The maximum atomic E-state index is 12.1. The third-order valence-electron chi connectivity index (χ3n) is 3.85. The normalized spacial score (nSPS) is 18.9. The molecule has 0 aromatic rings. The van der Waals surface area contributed by atoms with Crippen LogP contribution in [-0.2, 0) is 14.3 Å². The minimum Gasteiger partial charge on any atom is -0.435 e. The van der Waals surface area contributed by atoms with E-state index in [-0.39, 0.29) is 12.3 Å². The summed E-state index contributed by atoms with van der Waals surface area (Å²) >= 11 is 0. The van der Waals surface area contributed by atoms with Crippen LogP contribution in [0.15, 0.2) is 0 Å². The Kier molecular flexibility index (Phi) is 6.13. The number of hydrogen-bond donors (Lipinski definition) is 0. The molecule has 0 amide bonds. The number of carbonyl (C=O) groups is 1. The van der Waals surface area contributed by atoms with Gasteiger partial charge < -0.3 is 9.47 Å². The summed E-state index contributed by atoms with van der Waals surface area (Å²) in [6, 6.07) is 0. The Morgan fingerprint density at radius 1 is 1.28 bits per heavy atom. The molecule has 1 rings (SSSR count). The van der Waals surface area contributed by atoms with Crippen LogP contribution in [0.3, 0.4) is 0 Å². The van der Waals surface area contributed by atoms with Crippen molar-refractivity contribution >= 4 is 5.97 Å². The second-order valence-corrected chi connectivity index (χ2v) is 5.90. The van der Waals surface area contributed by atoms with Gasteiger partial charge in [0.1, 0.15) is 0 Å². The molecule has 1 unspecified atom stereocenters. The summed E-state index contributed by atoms with van der Waals surface area (Å²) in [6.45, 7) is 7.94. The quantitative estimate of drug-likeness (QED) is 0.509. The Bertz CT molecular complexity index is 254. The van der Waals surface area contributed by atoms with Gasteiger partial charge in [0, 0.05) is 6.42 Å². The second-order valence-electron chi connectivity index (χ2n) is 5.90.